The van der Waals surface area contributed by atoms with E-state index in [2.05, 4.69) is 58.5 Å². The van der Waals surface area contributed by atoms with Crippen LogP contribution in [0.4, 0.5) is 4.39 Å². The third-order valence-corrected chi connectivity index (χ3v) is 8.19. The molecule has 0 fully saturated rings. The van der Waals surface area contributed by atoms with Crippen molar-refractivity contribution in [1.29, 1.82) is 0 Å². The summed E-state index contributed by atoms with van der Waals surface area (Å²) in [6, 6.07) is 22.8. The highest BCUT2D eigenvalue weighted by atomic mass is 32.2. The van der Waals surface area contributed by atoms with E-state index in [0.29, 0.717) is 11.5 Å². The maximum absolute atomic E-state index is 15.2. The molecule has 0 amide bonds. The largest absolute Gasteiger partial charge is 0.289 e. The van der Waals surface area contributed by atoms with Crippen LogP contribution in [0.1, 0.15) is 47.9 Å². The Labute approximate surface area is 203 Å². The van der Waals surface area contributed by atoms with E-state index in [1.54, 1.807) is 23.5 Å². The zero-order valence-corrected chi connectivity index (χ0v) is 20.2. The van der Waals surface area contributed by atoms with E-state index in [9.17, 15) is 0 Å². The Morgan fingerprint density at radius 3 is 1.48 bits per heavy atom. The van der Waals surface area contributed by atoms with Crippen LogP contribution in [0.2, 0.25) is 0 Å². The lowest BCUT2D eigenvalue weighted by Gasteiger charge is -2.09. The average Bonchev–Trinajstić information content (AvgIpc) is 3.58. The molecule has 0 saturated carbocycles. The van der Waals surface area contributed by atoms with Crippen LogP contribution in [-0.2, 0) is 11.5 Å². The molecule has 0 aromatic heterocycles. The number of aliphatic imine (C=N–C) groups is 2. The molecule has 2 aliphatic rings. The molecular formula is C28H27FN2S2. The Kier molecular flexibility index (Phi) is 7.27. The highest BCUT2D eigenvalue weighted by Crippen LogP contribution is 2.29. The van der Waals surface area contributed by atoms with Gasteiger partial charge in [0.15, 0.2) is 0 Å². The number of thioether (sulfide) groups is 2. The SMILES string of the molecule is Fc1c(CSc2ccc(C3=NCCC3)cc2)cccc1CSc1ccc(C2=NCCC2)cc1. The first-order valence-electron chi connectivity index (χ1n) is 11.6. The number of halogens is 1. The summed E-state index contributed by atoms with van der Waals surface area (Å²) in [5.41, 5.74) is 6.38. The summed E-state index contributed by atoms with van der Waals surface area (Å²) in [4.78, 5) is 11.4. The summed E-state index contributed by atoms with van der Waals surface area (Å²) >= 11 is 3.36. The first-order valence-corrected chi connectivity index (χ1v) is 13.5. The van der Waals surface area contributed by atoms with Crippen molar-refractivity contribution in [1.82, 2.24) is 0 Å². The molecule has 3 aromatic carbocycles. The van der Waals surface area contributed by atoms with Crippen LogP contribution in [0.3, 0.4) is 0 Å². The molecule has 0 spiro atoms. The van der Waals surface area contributed by atoms with E-state index >= 15 is 4.39 Å². The van der Waals surface area contributed by atoms with E-state index in [0.717, 1.165) is 59.7 Å². The molecule has 2 aliphatic heterocycles. The molecule has 5 heteroatoms. The molecule has 0 unspecified atom stereocenters. The Hall–Kier alpha value is -2.37. The fourth-order valence-corrected chi connectivity index (χ4v) is 5.96. The number of hydrogen-bond acceptors (Lipinski definition) is 4. The van der Waals surface area contributed by atoms with Crippen LogP contribution >= 0.6 is 23.5 Å². The molecule has 168 valence electrons. The quantitative estimate of drug-likeness (QED) is 0.314. The standard InChI is InChI=1S/C28H27FN2S2/c29-28-22(18-32-24-12-8-20(9-13-24)26-6-2-16-30-26)4-1-5-23(28)19-33-25-14-10-21(11-15-25)27-7-3-17-31-27/h1,4-5,8-15H,2-3,6-7,16-19H2. The lowest BCUT2D eigenvalue weighted by Crippen LogP contribution is -1.96. The maximum atomic E-state index is 15.2. The van der Waals surface area contributed by atoms with Crippen molar-refractivity contribution < 1.29 is 4.39 Å². The summed E-state index contributed by atoms with van der Waals surface area (Å²) < 4.78 is 15.2. The molecule has 0 N–H and O–H groups in total. The van der Waals surface area contributed by atoms with Gasteiger partial charge in [0.25, 0.3) is 0 Å². The number of benzene rings is 3. The smallest absolute Gasteiger partial charge is 0.131 e. The molecule has 0 aliphatic carbocycles. The summed E-state index contributed by atoms with van der Waals surface area (Å²) in [7, 11) is 0. The van der Waals surface area contributed by atoms with Crippen molar-refractivity contribution >= 4 is 34.9 Å². The van der Waals surface area contributed by atoms with Gasteiger partial charge in [0.1, 0.15) is 5.82 Å². The molecule has 33 heavy (non-hydrogen) atoms. The summed E-state index contributed by atoms with van der Waals surface area (Å²) in [6.07, 6.45) is 4.45. The van der Waals surface area contributed by atoms with Gasteiger partial charge in [-0.3, -0.25) is 9.98 Å². The Morgan fingerprint density at radius 1 is 0.636 bits per heavy atom. The van der Waals surface area contributed by atoms with Gasteiger partial charge < -0.3 is 0 Å². The lowest BCUT2D eigenvalue weighted by atomic mass is 10.1. The predicted octanol–water partition coefficient (Wildman–Crippen LogP) is 7.58. The first-order chi connectivity index (χ1) is 16.3. The normalized spacial score (nSPS) is 15.5. The lowest BCUT2D eigenvalue weighted by molar-refractivity contribution is 0.607. The van der Waals surface area contributed by atoms with Gasteiger partial charge in [-0.05, 0) is 72.2 Å². The highest BCUT2D eigenvalue weighted by Gasteiger charge is 2.12. The van der Waals surface area contributed by atoms with Crippen molar-refractivity contribution in [3.05, 3.63) is 94.8 Å². The van der Waals surface area contributed by atoms with Gasteiger partial charge in [-0.1, -0.05) is 42.5 Å². The molecular weight excluding hydrogens is 447 g/mol. The van der Waals surface area contributed by atoms with Gasteiger partial charge >= 0.3 is 0 Å². The van der Waals surface area contributed by atoms with Crippen LogP contribution in [0.15, 0.2) is 86.5 Å². The highest BCUT2D eigenvalue weighted by molar-refractivity contribution is 7.98. The van der Waals surface area contributed by atoms with Crippen molar-refractivity contribution in [2.75, 3.05) is 13.1 Å². The molecule has 2 heterocycles. The Bertz CT molecular complexity index is 1080. The number of rotatable bonds is 8. The summed E-state index contributed by atoms with van der Waals surface area (Å²) in [5.74, 6) is 1.18. The molecule has 0 radical (unpaired) electrons. The summed E-state index contributed by atoms with van der Waals surface area (Å²) in [6.45, 7) is 1.89. The van der Waals surface area contributed by atoms with Crippen molar-refractivity contribution in [3.8, 4) is 0 Å². The third-order valence-electron chi connectivity index (χ3n) is 6.07. The minimum Gasteiger partial charge on any atom is -0.289 e. The topological polar surface area (TPSA) is 24.7 Å². The van der Waals surface area contributed by atoms with Gasteiger partial charge in [-0.2, -0.15) is 0 Å². The van der Waals surface area contributed by atoms with Crippen LogP contribution in [-0.4, -0.2) is 24.5 Å². The molecule has 0 atom stereocenters. The number of hydrogen-bond donors (Lipinski definition) is 0. The van der Waals surface area contributed by atoms with E-state index in [-0.39, 0.29) is 5.82 Å². The third kappa shape index (κ3) is 5.59. The van der Waals surface area contributed by atoms with Gasteiger partial charge in [-0.15, -0.1) is 23.5 Å². The molecule has 0 saturated heterocycles. The first kappa shape index (κ1) is 22.4. The van der Waals surface area contributed by atoms with Crippen LogP contribution in [0, 0.1) is 5.82 Å². The van der Waals surface area contributed by atoms with Gasteiger partial charge in [0.2, 0.25) is 0 Å². The van der Waals surface area contributed by atoms with Crippen molar-refractivity contribution in [2.45, 2.75) is 47.0 Å². The minimum atomic E-state index is -0.0774. The second kappa shape index (κ2) is 10.7. The fourth-order valence-electron chi connectivity index (χ4n) is 4.22. The van der Waals surface area contributed by atoms with Gasteiger partial charge in [-0.25, -0.2) is 4.39 Å². The molecule has 3 aromatic rings. The van der Waals surface area contributed by atoms with E-state index in [4.69, 9.17) is 0 Å². The minimum absolute atomic E-state index is 0.0774. The second-order valence-electron chi connectivity index (χ2n) is 8.38. The van der Waals surface area contributed by atoms with Crippen molar-refractivity contribution in [2.24, 2.45) is 9.98 Å². The van der Waals surface area contributed by atoms with E-state index in [1.807, 2.05) is 18.2 Å². The maximum Gasteiger partial charge on any atom is 0.131 e. The van der Waals surface area contributed by atoms with Crippen molar-refractivity contribution in [3.63, 3.8) is 0 Å². The van der Waals surface area contributed by atoms with Crippen LogP contribution in [0.25, 0.3) is 0 Å². The second-order valence-corrected chi connectivity index (χ2v) is 10.5. The van der Waals surface area contributed by atoms with E-state index in [1.165, 1.54) is 22.6 Å². The zero-order chi connectivity index (χ0) is 22.5. The Balaban J connectivity index is 1.18. The van der Waals surface area contributed by atoms with Crippen LogP contribution in [0.5, 0.6) is 0 Å². The van der Waals surface area contributed by atoms with Gasteiger partial charge in [0, 0.05) is 45.8 Å². The molecule has 5 rings (SSSR count). The zero-order valence-electron chi connectivity index (χ0n) is 18.6. The predicted molar refractivity (Wildman–Crippen MR) is 140 cm³/mol. The fraction of sp³-hybridized carbons (Fsp3) is 0.286. The van der Waals surface area contributed by atoms with Gasteiger partial charge in [0.05, 0.1) is 0 Å². The Morgan fingerprint density at radius 2 is 1.09 bits per heavy atom. The monoisotopic (exact) mass is 474 g/mol. The molecule has 0 bridgehead atoms. The van der Waals surface area contributed by atoms with E-state index < -0.39 is 0 Å². The summed E-state index contributed by atoms with van der Waals surface area (Å²) in [5, 5.41) is 0. The van der Waals surface area contributed by atoms with Crippen LogP contribution < -0.4 is 0 Å². The number of nitrogens with zero attached hydrogens (tertiary/aromatic N) is 2. The average molecular weight is 475 g/mol. The molecule has 2 nitrogen and oxygen atoms in total.